The molecule has 2 aromatic carbocycles. The Kier molecular flexibility index (Phi) is 4.67. The molecule has 1 aliphatic heterocycles. The van der Waals surface area contributed by atoms with Crippen molar-refractivity contribution in [2.24, 2.45) is 0 Å². The average Bonchev–Trinajstić information content (AvgIpc) is 3.04. The monoisotopic (exact) mass is 360 g/mol. The maximum atomic E-state index is 12.9. The molecule has 1 heterocycles. The van der Waals surface area contributed by atoms with E-state index in [2.05, 4.69) is 0 Å². The molecule has 1 amide bonds. The van der Waals surface area contributed by atoms with Gasteiger partial charge >= 0.3 is 0 Å². The Balaban J connectivity index is 1.77. The first-order chi connectivity index (χ1) is 11.9. The second-order valence-electron chi connectivity index (χ2n) is 6.00. The van der Waals surface area contributed by atoms with Crippen molar-refractivity contribution in [3.8, 4) is 5.75 Å². The van der Waals surface area contributed by atoms with Crippen LogP contribution in [0.3, 0.4) is 0 Å². The Morgan fingerprint density at radius 3 is 2.48 bits per heavy atom. The van der Waals surface area contributed by atoms with Crippen LogP contribution in [0.15, 0.2) is 53.4 Å². The van der Waals surface area contributed by atoms with Gasteiger partial charge in [-0.1, -0.05) is 18.2 Å². The summed E-state index contributed by atoms with van der Waals surface area (Å²) in [5, 5.41) is 0. The normalized spacial score (nSPS) is 13.4. The Morgan fingerprint density at radius 2 is 1.80 bits per heavy atom. The van der Waals surface area contributed by atoms with Crippen molar-refractivity contribution in [3.63, 3.8) is 0 Å². The van der Waals surface area contributed by atoms with E-state index < -0.39 is 10.0 Å². The molecule has 0 radical (unpaired) electrons. The minimum Gasteiger partial charge on any atom is -0.484 e. The number of amides is 1. The van der Waals surface area contributed by atoms with Gasteiger partial charge in [0.1, 0.15) is 5.75 Å². The summed E-state index contributed by atoms with van der Waals surface area (Å²) in [6, 6.07) is 13.7. The molecule has 25 heavy (non-hydrogen) atoms. The van der Waals surface area contributed by atoms with Gasteiger partial charge in [-0.3, -0.25) is 9.10 Å². The third-order valence-electron chi connectivity index (χ3n) is 4.12. The van der Waals surface area contributed by atoms with E-state index in [0.717, 1.165) is 11.3 Å². The van der Waals surface area contributed by atoms with Crippen LogP contribution in [-0.2, 0) is 21.2 Å². The van der Waals surface area contributed by atoms with Crippen molar-refractivity contribution in [2.45, 2.75) is 11.3 Å². The Bertz CT molecular complexity index is 876. The molecule has 0 fully saturated rings. The lowest BCUT2D eigenvalue weighted by atomic mass is 10.2. The van der Waals surface area contributed by atoms with Crippen LogP contribution < -0.4 is 9.04 Å². The summed E-state index contributed by atoms with van der Waals surface area (Å²) in [5.74, 6) is 0.293. The highest BCUT2D eigenvalue weighted by atomic mass is 32.2. The molecule has 7 heteroatoms. The predicted octanol–water partition coefficient (Wildman–Crippen LogP) is 1.91. The summed E-state index contributed by atoms with van der Waals surface area (Å²) in [5.41, 5.74) is 1.77. The van der Waals surface area contributed by atoms with Crippen LogP contribution in [0.5, 0.6) is 5.75 Å². The first-order valence-electron chi connectivity index (χ1n) is 7.93. The van der Waals surface area contributed by atoms with Crippen molar-refractivity contribution in [1.29, 1.82) is 0 Å². The number of carbonyl (C=O) groups excluding carboxylic acids is 1. The minimum absolute atomic E-state index is 0.0847. The molecule has 0 spiro atoms. The molecular weight excluding hydrogens is 340 g/mol. The van der Waals surface area contributed by atoms with E-state index in [1.807, 2.05) is 24.3 Å². The lowest BCUT2D eigenvalue weighted by molar-refractivity contribution is -0.130. The number of nitrogens with zero attached hydrogens (tertiary/aromatic N) is 2. The molecule has 3 rings (SSSR count). The number of anilines is 1. The Labute approximate surface area is 147 Å². The molecule has 0 aromatic heterocycles. The second kappa shape index (κ2) is 6.76. The van der Waals surface area contributed by atoms with Crippen molar-refractivity contribution in [1.82, 2.24) is 4.90 Å². The first kappa shape index (κ1) is 17.3. The van der Waals surface area contributed by atoms with Gasteiger partial charge in [-0.2, -0.15) is 0 Å². The van der Waals surface area contributed by atoms with Crippen LogP contribution >= 0.6 is 0 Å². The molecule has 0 aliphatic carbocycles. The number of rotatable bonds is 5. The SMILES string of the molecule is CN(C)C(=O)COc1ccc(S(=O)(=O)N2CCc3ccccc32)cc1. The molecule has 0 unspecified atom stereocenters. The van der Waals surface area contributed by atoms with Crippen LogP contribution in [-0.4, -0.2) is 46.5 Å². The molecule has 2 aromatic rings. The van der Waals surface area contributed by atoms with E-state index in [-0.39, 0.29) is 17.4 Å². The summed E-state index contributed by atoms with van der Waals surface area (Å²) < 4.78 is 32.6. The molecule has 0 saturated heterocycles. The number of sulfonamides is 1. The smallest absolute Gasteiger partial charge is 0.264 e. The van der Waals surface area contributed by atoms with Gasteiger partial charge in [0.05, 0.1) is 10.6 Å². The number of para-hydroxylation sites is 1. The molecule has 0 atom stereocenters. The van der Waals surface area contributed by atoms with Gasteiger partial charge in [0, 0.05) is 20.6 Å². The largest absolute Gasteiger partial charge is 0.484 e. The van der Waals surface area contributed by atoms with Gasteiger partial charge in [-0.25, -0.2) is 8.42 Å². The minimum atomic E-state index is -3.61. The van der Waals surface area contributed by atoms with Crippen LogP contribution in [0.1, 0.15) is 5.56 Å². The highest BCUT2D eigenvalue weighted by Crippen LogP contribution is 2.32. The van der Waals surface area contributed by atoms with Crippen molar-refractivity contribution >= 4 is 21.6 Å². The highest BCUT2D eigenvalue weighted by molar-refractivity contribution is 7.92. The number of ether oxygens (including phenoxy) is 1. The van der Waals surface area contributed by atoms with E-state index in [1.54, 1.807) is 26.2 Å². The summed E-state index contributed by atoms with van der Waals surface area (Å²) in [6.45, 7) is 0.357. The second-order valence-corrected chi connectivity index (χ2v) is 7.87. The molecule has 6 nitrogen and oxygen atoms in total. The lowest BCUT2D eigenvalue weighted by Crippen LogP contribution is -2.29. The van der Waals surface area contributed by atoms with Crippen molar-refractivity contribution in [3.05, 3.63) is 54.1 Å². The number of benzene rings is 2. The number of carbonyl (C=O) groups is 1. The molecule has 132 valence electrons. The average molecular weight is 360 g/mol. The third kappa shape index (κ3) is 3.46. The van der Waals surface area contributed by atoms with Gasteiger partial charge in [0.2, 0.25) is 0 Å². The fourth-order valence-electron chi connectivity index (χ4n) is 2.67. The number of likely N-dealkylation sites (N-methyl/N-ethyl adjacent to an activating group) is 1. The predicted molar refractivity (Wildman–Crippen MR) is 95.3 cm³/mol. The van der Waals surface area contributed by atoms with Gasteiger partial charge in [0.25, 0.3) is 15.9 Å². The van der Waals surface area contributed by atoms with Gasteiger partial charge in [-0.05, 0) is 42.3 Å². The van der Waals surface area contributed by atoms with E-state index in [4.69, 9.17) is 4.74 Å². The van der Waals surface area contributed by atoms with E-state index in [9.17, 15) is 13.2 Å². The maximum Gasteiger partial charge on any atom is 0.264 e. The van der Waals surface area contributed by atoms with Crippen LogP contribution in [0.4, 0.5) is 5.69 Å². The zero-order chi connectivity index (χ0) is 18.0. The zero-order valence-corrected chi connectivity index (χ0v) is 15.0. The maximum absolute atomic E-state index is 12.9. The van der Waals surface area contributed by atoms with Crippen LogP contribution in [0.2, 0.25) is 0 Å². The topological polar surface area (TPSA) is 66.9 Å². The van der Waals surface area contributed by atoms with Crippen molar-refractivity contribution in [2.75, 3.05) is 31.6 Å². The Morgan fingerprint density at radius 1 is 1.12 bits per heavy atom. The molecule has 0 saturated carbocycles. The van der Waals surface area contributed by atoms with E-state index in [1.165, 1.54) is 21.3 Å². The van der Waals surface area contributed by atoms with Crippen LogP contribution in [0, 0.1) is 0 Å². The lowest BCUT2D eigenvalue weighted by Gasteiger charge is -2.19. The molecule has 0 N–H and O–H groups in total. The quantitative estimate of drug-likeness (QED) is 0.817. The van der Waals surface area contributed by atoms with Crippen molar-refractivity contribution < 1.29 is 17.9 Å². The van der Waals surface area contributed by atoms with E-state index in [0.29, 0.717) is 18.7 Å². The molecule has 1 aliphatic rings. The summed E-state index contributed by atoms with van der Waals surface area (Å²) in [6.07, 6.45) is 0.712. The fourth-order valence-corrected chi connectivity index (χ4v) is 4.17. The highest BCUT2D eigenvalue weighted by Gasteiger charge is 2.30. The third-order valence-corrected chi connectivity index (χ3v) is 5.94. The Hall–Kier alpha value is -2.54. The summed E-state index contributed by atoms with van der Waals surface area (Å²) in [7, 11) is -0.315. The van der Waals surface area contributed by atoms with Gasteiger partial charge in [-0.15, -0.1) is 0 Å². The van der Waals surface area contributed by atoms with Gasteiger partial charge < -0.3 is 9.64 Å². The fraction of sp³-hybridized carbons (Fsp3) is 0.278. The number of hydrogen-bond donors (Lipinski definition) is 0. The molecule has 0 bridgehead atoms. The first-order valence-corrected chi connectivity index (χ1v) is 9.37. The number of fused-ring (bicyclic) bond motifs is 1. The summed E-state index contributed by atoms with van der Waals surface area (Å²) in [4.78, 5) is 13.2. The standard InChI is InChI=1S/C18H20N2O4S/c1-19(2)18(21)13-24-15-7-9-16(10-8-15)25(22,23)20-12-11-14-5-3-4-6-17(14)20/h3-10H,11-13H2,1-2H3. The number of hydrogen-bond acceptors (Lipinski definition) is 4. The summed E-state index contributed by atoms with van der Waals surface area (Å²) >= 11 is 0. The zero-order valence-electron chi connectivity index (χ0n) is 14.2. The van der Waals surface area contributed by atoms with E-state index >= 15 is 0 Å². The van der Waals surface area contributed by atoms with Gasteiger partial charge in [0.15, 0.2) is 6.61 Å². The van der Waals surface area contributed by atoms with Crippen LogP contribution in [0.25, 0.3) is 0 Å². The molecular formula is C18H20N2O4S.